The van der Waals surface area contributed by atoms with Gasteiger partial charge in [-0.2, -0.15) is 0 Å². The smallest absolute Gasteiger partial charge is 0.222 e. The average molecular weight is 260 g/mol. The summed E-state index contributed by atoms with van der Waals surface area (Å²) < 4.78 is 0. The van der Waals surface area contributed by atoms with E-state index >= 15 is 0 Å². The molecule has 0 spiro atoms. The predicted molar refractivity (Wildman–Crippen MR) is 78.8 cm³/mol. The lowest BCUT2D eigenvalue weighted by Gasteiger charge is -2.30. The molecule has 0 atom stereocenters. The van der Waals surface area contributed by atoms with Gasteiger partial charge >= 0.3 is 0 Å². The second kappa shape index (κ2) is 6.60. The maximum absolute atomic E-state index is 12.1. The van der Waals surface area contributed by atoms with Gasteiger partial charge in [0.05, 0.1) is 0 Å². The molecule has 1 aliphatic rings. The Morgan fingerprint density at radius 2 is 2.11 bits per heavy atom. The molecule has 0 saturated carbocycles. The van der Waals surface area contributed by atoms with E-state index in [-0.39, 0.29) is 0 Å². The number of anilines is 1. The SMILES string of the molecule is CC1CCN(C(=O)CCCc2cccc(N)c2)CC1. The zero-order valence-electron chi connectivity index (χ0n) is 11.8. The van der Waals surface area contributed by atoms with Crippen LogP contribution in [0.4, 0.5) is 5.69 Å². The van der Waals surface area contributed by atoms with Crippen molar-refractivity contribution in [3.8, 4) is 0 Å². The Balaban J connectivity index is 1.72. The van der Waals surface area contributed by atoms with Gasteiger partial charge in [-0.15, -0.1) is 0 Å². The molecule has 19 heavy (non-hydrogen) atoms. The standard InChI is InChI=1S/C16H24N2O/c1-13-8-10-18(11-9-13)16(19)7-3-5-14-4-2-6-15(17)12-14/h2,4,6,12-13H,3,5,7-11,17H2,1H3. The van der Waals surface area contributed by atoms with Gasteiger partial charge in [0, 0.05) is 25.2 Å². The van der Waals surface area contributed by atoms with Crippen molar-refractivity contribution in [1.29, 1.82) is 0 Å². The highest BCUT2D eigenvalue weighted by molar-refractivity contribution is 5.76. The van der Waals surface area contributed by atoms with Gasteiger partial charge in [-0.3, -0.25) is 4.79 Å². The molecule has 2 N–H and O–H groups in total. The summed E-state index contributed by atoms with van der Waals surface area (Å²) in [5.41, 5.74) is 7.77. The summed E-state index contributed by atoms with van der Waals surface area (Å²) >= 11 is 0. The van der Waals surface area contributed by atoms with Crippen molar-refractivity contribution in [2.45, 2.75) is 39.0 Å². The first-order valence-corrected chi connectivity index (χ1v) is 7.27. The summed E-state index contributed by atoms with van der Waals surface area (Å²) in [5.74, 6) is 1.09. The van der Waals surface area contributed by atoms with Crippen molar-refractivity contribution < 1.29 is 4.79 Å². The third kappa shape index (κ3) is 4.27. The van der Waals surface area contributed by atoms with Gasteiger partial charge in [-0.05, 0) is 49.3 Å². The summed E-state index contributed by atoms with van der Waals surface area (Å²) in [6, 6.07) is 7.93. The van der Waals surface area contributed by atoms with Crippen molar-refractivity contribution in [2.75, 3.05) is 18.8 Å². The van der Waals surface area contributed by atoms with Crippen LogP contribution in [0.2, 0.25) is 0 Å². The zero-order valence-corrected chi connectivity index (χ0v) is 11.8. The number of hydrogen-bond acceptors (Lipinski definition) is 2. The lowest BCUT2D eigenvalue weighted by molar-refractivity contribution is -0.132. The van der Waals surface area contributed by atoms with E-state index in [1.807, 2.05) is 23.1 Å². The first-order chi connectivity index (χ1) is 9.15. The average Bonchev–Trinajstić information content (AvgIpc) is 2.39. The fraction of sp³-hybridized carbons (Fsp3) is 0.562. The van der Waals surface area contributed by atoms with Crippen LogP contribution in [-0.4, -0.2) is 23.9 Å². The summed E-state index contributed by atoms with van der Waals surface area (Å²) in [6.45, 7) is 4.15. The molecule has 1 aromatic rings. The Bertz CT molecular complexity index is 423. The summed E-state index contributed by atoms with van der Waals surface area (Å²) in [7, 11) is 0. The van der Waals surface area contributed by atoms with Gasteiger partial charge in [0.1, 0.15) is 0 Å². The van der Waals surface area contributed by atoms with Crippen LogP contribution < -0.4 is 5.73 Å². The minimum Gasteiger partial charge on any atom is -0.399 e. The van der Waals surface area contributed by atoms with Crippen LogP contribution >= 0.6 is 0 Å². The molecule has 3 nitrogen and oxygen atoms in total. The van der Waals surface area contributed by atoms with Crippen LogP contribution in [-0.2, 0) is 11.2 Å². The molecule has 0 radical (unpaired) electrons. The quantitative estimate of drug-likeness (QED) is 0.846. The van der Waals surface area contributed by atoms with Crippen LogP contribution in [0.1, 0.15) is 38.2 Å². The number of nitrogens with two attached hydrogens (primary N) is 1. The van der Waals surface area contributed by atoms with E-state index in [4.69, 9.17) is 5.73 Å². The number of hydrogen-bond donors (Lipinski definition) is 1. The third-order valence-corrected chi connectivity index (χ3v) is 3.94. The van der Waals surface area contributed by atoms with Crippen molar-refractivity contribution in [3.63, 3.8) is 0 Å². The second-order valence-electron chi connectivity index (χ2n) is 5.66. The maximum Gasteiger partial charge on any atom is 0.222 e. The van der Waals surface area contributed by atoms with Gasteiger partial charge < -0.3 is 10.6 Å². The highest BCUT2D eigenvalue weighted by Gasteiger charge is 2.19. The van der Waals surface area contributed by atoms with Crippen molar-refractivity contribution in [1.82, 2.24) is 4.90 Å². The number of carbonyl (C=O) groups excluding carboxylic acids is 1. The molecule has 1 saturated heterocycles. The number of piperidine rings is 1. The minimum absolute atomic E-state index is 0.316. The lowest BCUT2D eigenvalue weighted by Crippen LogP contribution is -2.37. The van der Waals surface area contributed by atoms with Crippen LogP contribution in [0.25, 0.3) is 0 Å². The number of nitrogens with zero attached hydrogens (tertiary/aromatic N) is 1. The van der Waals surface area contributed by atoms with E-state index in [0.29, 0.717) is 12.3 Å². The Morgan fingerprint density at radius 1 is 1.37 bits per heavy atom. The second-order valence-corrected chi connectivity index (χ2v) is 5.66. The molecule has 0 bridgehead atoms. The zero-order chi connectivity index (χ0) is 13.7. The van der Waals surface area contributed by atoms with Gasteiger partial charge in [-0.1, -0.05) is 19.1 Å². The van der Waals surface area contributed by atoms with E-state index in [0.717, 1.165) is 50.4 Å². The van der Waals surface area contributed by atoms with Gasteiger partial charge in [0.2, 0.25) is 5.91 Å². The number of carbonyl (C=O) groups is 1. The topological polar surface area (TPSA) is 46.3 Å². The minimum atomic E-state index is 0.316. The van der Waals surface area contributed by atoms with Crippen molar-refractivity contribution in [2.24, 2.45) is 5.92 Å². The highest BCUT2D eigenvalue weighted by Crippen LogP contribution is 2.17. The number of rotatable bonds is 4. The molecule has 1 aliphatic heterocycles. The highest BCUT2D eigenvalue weighted by atomic mass is 16.2. The summed E-state index contributed by atoms with van der Waals surface area (Å²) in [5, 5.41) is 0. The van der Waals surface area contributed by atoms with E-state index < -0.39 is 0 Å². The van der Waals surface area contributed by atoms with E-state index in [1.165, 1.54) is 5.56 Å². The van der Waals surface area contributed by atoms with Crippen molar-refractivity contribution in [3.05, 3.63) is 29.8 Å². The molecule has 0 aliphatic carbocycles. The number of amides is 1. The maximum atomic E-state index is 12.1. The van der Waals surface area contributed by atoms with E-state index in [1.54, 1.807) is 0 Å². The molecule has 1 amide bonds. The Labute approximate surface area is 115 Å². The van der Waals surface area contributed by atoms with E-state index in [2.05, 4.69) is 13.0 Å². The lowest BCUT2D eigenvalue weighted by atomic mass is 9.98. The van der Waals surface area contributed by atoms with Crippen LogP contribution in [0.5, 0.6) is 0 Å². The first-order valence-electron chi connectivity index (χ1n) is 7.27. The molecule has 104 valence electrons. The van der Waals surface area contributed by atoms with Gasteiger partial charge in [0.15, 0.2) is 0 Å². The number of likely N-dealkylation sites (tertiary alicyclic amines) is 1. The monoisotopic (exact) mass is 260 g/mol. The van der Waals surface area contributed by atoms with Crippen LogP contribution in [0, 0.1) is 5.92 Å². The van der Waals surface area contributed by atoms with Gasteiger partial charge in [-0.25, -0.2) is 0 Å². The third-order valence-electron chi connectivity index (χ3n) is 3.94. The molecule has 1 heterocycles. The molecule has 3 heteroatoms. The number of aryl methyl sites for hydroxylation is 1. The normalized spacial score (nSPS) is 16.6. The molecular formula is C16H24N2O. The molecule has 1 aromatic carbocycles. The van der Waals surface area contributed by atoms with Crippen LogP contribution in [0.15, 0.2) is 24.3 Å². The number of nitrogen functional groups attached to an aromatic ring is 1. The van der Waals surface area contributed by atoms with Crippen LogP contribution in [0.3, 0.4) is 0 Å². The predicted octanol–water partition coefficient (Wildman–Crippen LogP) is 2.85. The van der Waals surface area contributed by atoms with E-state index in [9.17, 15) is 4.79 Å². The Kier molecular flexibility index (Phi) is 4.83. The fourth-order valence-corrected chi connectivity index (χ4v) is 2.61. The van der Waals surface area contributed by atoms with Gasteiger partial charge in [0.25, 0.3) is 0 Å². The Morgan fingerprint density at radius 3 is 2.79 bits per heavy atom. The largest absolute Gasteiger partial charge is 0.399 e. The van der Waals surface area contributed by atoms with Crippen molar-refractivity contribution >= 4 is 11.6 Å². The first kappa shape index (κ1) is 13.9. The summed E-state index contributed by atoms with van der Waals surface area (Å²) in [4.78, 5) is 14.1. The summed E-state index contributed by atoms with van der Waals surface area (Å²) in [6.07, 6.45) is 4.81. The molecule has 1 fully saturated rings. The molecule has 2 rings (SSSR count). The molecule has 0 unspecified atom stereocenters. The molecule has 0 aromatic heterocycles. The molecular weight excluding hydrogens is 236 g/mol. The fourth-order valence-electron chi connectivity index (χ4n) is 2.61. The Hall–Kier alpha value is -1.51. The number of benzene rings is 1.